The average Bonchev–Trinajstić information content (AvgIpc) is 2.56. The number of amides is 1. The maximum absolute atomic E-state index is 12.4. The summed E-state index contributed by atoms with van der Waals surface area (Å²) >= 11 is 0. The Balaban J connectivity index is 2.62. The predicted molar refractivity (Wildman–Crippen MR) is 53.5 cm³/mol. The lowest BCUT2D eigenvalue weighted by atomic mass is 9.89. The number of rotatable bonds is 3. The van der Waals surface area contributed by atoms with Crippen molar-refractivity contribution in [2.75, 3.05) is 19.6 Å². The average molecular weight is 249 g/mol. The number of likely N-dealkylation sites (tertiary alicyclic amines) is 1. The van der Waals surface area contributed by atoms with E-state index in [4.69, 9.17) is 11.0 Å². The minimum Gasteiger partial charge on any atom is -0.369 e. The van der Waals surface area contributed by atoms with E-state index in [1.807, 2.05) is 0 Å². The van der Waals surface area contributed by atoms with Gasteiger partial charge in [0.2, 0.25) is 5.91 Å². The Labute approximate surface area is 97.2 Å². The molecule has 2 N–H and O–H groups in total. The van der Waals surface area contributed by atoms with Gasteiger partial charge in [0.15, 0.2) is 5.92 Å². The summed E-state index contributed by atoms with van der Waals surface area (Å²) in [6, 6.07) is 1.24. The Kier molecular flexibility index (Phi) is 3.67. The van der Waals surface area contributed by atoms with Crippen LogP contribution in [0.25, 0.3) is 0 Å². The fourth-order valence-electron chi connectivity index (χ4n) is 1.89. The van der Waals surface area contributed by atoms with E-state index < -0.39 is 30.0 Å². The Morgan fingerprint density at radius 3 is 2.59 bits per heavy atom. The van der Waals surface area contributed by atoms with Crippen LogP contribution in [0, 0.1) is 22.7 Å². The summed E-state index contributed by atoms with van der Waals surface area (Å²) in [6.45, 7) is 1.76. The van der Waals surface area contributed by atoms with Crippen molar-refractivity contribution in [2.45, 2.75) is 19.5 Å². The van der Waals surface area contributed by atoms with Gasteiger partial charge in [-0.05, 0) is 19.9 Å². The number of primary amides is 1. The Morgan fingerprint density at radius 1 is 1.65 bits per heavy atom. The molecule has 17 heavy (non-hydrogen) atoms. The molecule has 0 spiro atoms. The van der Waals surface area contributed by atoms with E-state index in [0.29, 0.717) is 13.0 Å². The third-order valence-electron chi connectivity index (χ3n) is 3.14. The first-order valence-corrected chi connectivity index (χ1v) is 5.17. The molecule has 0 saturated carbocycles. The van der Waals surface area contributed by atoms with E-state index in [0.717, 1.165) is 0 Å². The highest BCUT2D eigenvalue weighted by molar-refractivity contribution is 5.81. The first kappa shape index (κ1) is 13.8. The molecule has 0 aromatic heterocycles. The molecule has 0 radical (unpaired) electrons. The first-order valence-electron chi connectivity index (χ1n) is 5.17. The fourth-order valence-corrected chi connectivity index (χ4v) is 1.89. The van der Waals surface area contributed by atoms with Crippen LogP contribution in [0.15, 0.2) is 0 Å². The third-order valence-corrected chi connectivity index (χ3v) is 3.14. The molecule has 1 aliphatic rings. The highest BCUT2D eigenvalue weighted by Crippen LogP contribution is 2.32. The van der Waals surface area contributed by atoms with Crippen molar-refractivity contribution < 1.29 is 18.0 Å². The number of nitrogens with two attached hydrogens (primary N) is 1. The fraction of sp³-hybridized carbons (Fsp3) is 0.800. The van der Waals surface area contributed by atoms with Crippen molar-refractivity contribution in [1.29, 1.82) is 5.26 Å². The van der Waals surface area contributed by atoms with Gasteiger partial charge in [-0.25, -0.2) is 0 Å². The summed E-state index contributed by atoms with van der Waals surface area (Å²) in [7, 11) is 0. The SMILES string of the molecule is CC1(C(N)=O)CCN(CC(C#N)C(F)(F)F)C1. The van der Waals surface area contributed by atoms with Crippen LogP contribution in [0.4, 0.5) is 13.2 Å². The molecule has 1 aliphatic heterocycles. The van der Waals surface area contributed by atoms with Gasteiger partial charge in [-0.2, -0.15) is 18.4 Å². The van der Waals surface area contributed by atoms with Crippen LogP contribution in [-0.2, 0) is 4.79 Å². The molecule has 2 unspecified atom stereocenters. The van der Waals surface area contributed by atoms with Crippen molar-refractivity contribution in [1.82, 2.24) is 4.90 Å². The summed E-state index contributed by atoms with van der Waals surface area (Å²) < 4.78 is 37.2. The van der Waals surface area contributed by atoms with Crippen LogP contribution in [-0.4, -0.2) is 36.6 Å². The van der Waals surface area contributed by atoms with Crippen molar-refractivity contribution in [3.63, 3.8) is 0 Å². The van der Waals surface area contributed by atoms with Gasteiger partial charge in [0.1, 0.15) is 0 Å². The molecule has 2 atom stereocenters. The number of nitriles is 1. The van der Waals surface area contributed by atoms with Crippen LogP contribution >= 0.6 is 0 Å². The minimum atomic E-state index is -4.53. The van der Waals surface area contributed by atoms with Gasteiger partial charge in [0, 0.05) is 13.1 Å². The van der Waals surface area contributed by atoms with E-state index in [1.165, 1.54) is 11.0 Å². The van der Waals surface area contributed by atoms with Crippen LogP contribution in [0.1, 0.15) is 13.3 Å². The topological polar surface area (TPSA) is 70.1 Å². The lowest BCUT2D eigenvalue weighted by Crippen LogP contribution is -2.39. The number of hydrogen-bond donors (Lipinski definition) is 1. The third kappa shape index (κ3) is 3.09. The standard InChI is InChI=1S/C10H14F3N3O/c1-9(8(15)17)2-3-16(6-9)5-7(4-14)10(11,12)13/h7H,2-3,5-6H2,1H3,(H2,15,17). The maximum atomic E-state index is 12.4. The highest BCUT2D eigenvalue weighted by Gasteiger charge is 2.44. The van der Waals surface area contributed by atoms with Gasteiger partial charge >= 0.3 is 6.18 Å². The van der Waals surface area contributed by atoms with Crippen molar-refractivity contribution in [3.05, 3.63) is 0 Å². The molecular weight excluding hydrogens is 235 g/mol. The number of hydrogen-bond acceptors (Lipinski definition) is 3. The molecular formula is C10H14F3N3O. The highest BCUT2D eigenvalue weighted by atomic mass is 19.4. The number of carbonyl (C=O) groups is 1. The molecule has 1 heterocycles. The molecule has 4 nitrogen and oxygen atoms in total. The second-order valence-electron chi connectivity index (χ2n) is 4.63. The van der Waals surface area contributed by atoms with Gasteiger partial charge in [-0.15, -0.1) is 0 Å². The van der Waals surface area contributed by atoms with Gasteiger partial charge in [-0.1, -0.05) is 0 Å². The van der Waals surface area contributed by atoms with Crippen LogP contribution in [0.5, 0.6) is 0 Å². The van der Waals surface area contributed by atoms with Gasteiger partial charge in [-0.3, -0.25) is 4.79 Å². The Morgan fingerprint density at radius 2 is 2.24 bits per heavy atom. The molecule has 1 amide bonds. The lowest BCUT2D eigenvalue weighted by Gasteiger charge is -2.23. The number of carbonyl (C=O) groups excluding carboxylic acids is 1. The second kappa shape index (κ2) is 4.53. The molecule has 1 fully saturated rings. The molecule has 1 rings (SSSR count). The van der Waals surface area contributed by atoms with Gasteiger partial charge in [0.25, 0.3) is 0 Å². The normalized spacial score (nSPS) is 27.7. The van der Waals surface area contributed by atoms with Crippen molar-refractivity contribution in [3.8, 4) is 6.07 Å². The molecule has 0 aliphatic carbocycles. The summed E-state index contributed by atoms with van der Waals surface area (Å²) in [5.74, 6) is -2.53. The zero-order chi connectivity index (χ0) is 13.3. The lowest BCUT2D eigenvalue weighted by molar-refractivity contribution is -0.162. The number of alkyl halides is 3. The number of halogens is 3. The van der Waals surface area contributed by atoms with Crippen LogP contribution in [0.2, 0.25) is 0 Å². The largest absolute Gasteiger partial charge is 0.405 e. The summed E-state index contributed by atoms with van der Waals surface area (Å²) in [4.78, 5) is 12.6. The molecule has 1 saturated heterocycles. The zero-order valence-electron chi connectivity index (χ0n) is 9.42. The minimum absolute atomic E-state index is 0.177. The van der Waals surface area contributed by atoms with E-state index in [2.05, 4.69) is 0 Å². The van der Waals surface area contributed by atoms with Crippen LogP contribution in [0.3, 0.4) is 0 Å². The Bertz CT molecular complexity index is 350. The predicted octanol–water partition coefficient (Wildman–Crippen LogP) is 0.886. The van der Waals surface area contributed by atoms with Crippen LogP contribution < -0.4 is 5.73 Å². The van der Waals surface area contributed by atoms with Crippen molar-refractivity contribution in [2.24, 2.45) is 17.1 Å². The molecule has 96 valence electrons. The molecule has 0 aromatic rings. The Hall–Kier alpha value is -1.29. The van der Waals surface area contributed by atoms with E-state index in [-0.39, 0.29) is 6.54 Å². The van der Waals surface area contributed by atoms with Gasteiger partial charge in [0.05, 0.1) is 11.5 Å². The quantitative estimate of drug-likeness (QED) is 0.807. The number of nitrogens with zero attached hydrogens (tertiary/aromatic N) is 2. The summed E-state index contributed by atoms with van der Waals surface area (Å²) in [6.07, 6.45) is -4.10. The maximum Gasteiger partial charge on any atom is 0.405 e. The second-order valence-corrected chi connectivity index (χ2v) is 4.63. The zero-order valence-corrected chi connectivity index (χ0v) is 9.42. The summed E-state index contributed by atoms with van der Waals surface area (Å²) in [5.41, 5.74) is 4.40. The van der Waals surface area contributed by atoms with E-state index in [9.17, 15) is 18.0 Å². The van der Waals surface area contributed by atoms with Crippen molar-refractivity contribution >= 4 is 5.91 Å². The molecule has 0 aromatic carbocycles. The first-order chi connectivity index (χ1) is 7.69. The van der Waals surface area contributed by atoms with E-state index >= 15 is 0 Å². The smallest absolute Gasteiger partial charge is 0.369 e. The monoisotopic (exact) mass is 249 g/mol. The summed E-state index contributed by atoms with van der Waals surface area (Å²) in [5, 5.41) is 8.47. The van der Waals surface area contributed by atoms with Gasteiger partial charge < -0.3 is 10.6 Å². The molecule has 0 bridgehead atoms. The molecule has 7 heteroatoms. The van der Waals surface area contributed by atoms with E-state index in [1.54, 1.807) is 6.92 Å².